The normalized spacial score (nSPS) is 24.3. The molecular weight excluding hydrogens is 228 g/mol. The molecule has 0 unspecified atom stereocenters. The third kappa shape index (κ3) is 2.01. The Bertz CT molecular complexity index is 367. The molecule has 0 spiro atoms. The second-order valence-electron chi connectivity index (χ2n) is 5.85. The first kappa shape index (κ1) is 11.6. The van der Waals surface area contributed by atoms with Crippen molar-refractivity contribution in [2.75, 3.05) is 0 Å². The van der Waals surface area contributed by atoms with Gasteiger partial charge in [0.05, 0.1) is 0 Å². The van der Waals surface area contributed by atoms with E-state index in [9.17, 15) is 0 Å². The van der Waals surface area contributed by atoms with E-state index in [2.05, 4.69) is 24.3 Å². The van der Waals surface area contributed by atoms with Crippen molar-refractivity contribution in [2.45, 2.75) is 56.8 Å². The highest BCUT2D eigenvalue weighted by Gasteiger charge is 2.43. The van der Waals surface area contributed by atoms with Gasteiger partial charge in [0.2, 0.25) is 0 Å². The van der Waals surface area contributed by atoms with Gasteiger partial charge in [-0.3, -0.25) is 0 Å². The SMILES string of the molecule is Clc1ccc(C2(C3CCCC3)CCCC2)cc1. The fourth-order valence-electron chi connectivity index (χ4n) is 4.20. The van der Waals surface area contributed by atoms with E-state index in [0.29, 0.717) is 5.41 Å². The summed E-state index contributed by atoms with van der Waals surface area (Å²) in [6, 6.07) is 8.72. The molecule has 0 nitrogen and oxygen atoms in total. The average Bonchev–Trinajstić information content (AvgIpc) is 3.01. The Balaban J connectivity index is 1.95. The van der Waals surface area contributed by atoms with Gasteiger partial charge >= 0.3 is 0 Å². The minimum atomic E-state index is 0.501. The maximum Gasteiger partial charge on any atom is 0.0406 e. The van der Waals surface area contributed by atoms with Gasteiger partial charge in [0.1, 0.15) is 0 Å². The molecule has 1 heteroatoms. The number of rotatable bonds is 2. The molecular formula is C16H21Cl. The lowest BCUT2D eigenvalue weighted by molar-refractivity contribution is 0.276. The van der Waals surface area contributed by atoms with E-state index in [0.717, 1.165) is 10.9 Å². The van der Waals surface area contributed by atoms with Crippen LogP contribution in [-0.2, 0) is 5.41 Å². The van der Waals surface area contributed by atoms with E-state index in [1.54, 1.807) is 5.56 Å². The highest BCUT2D eigenvalue weighted by atomic mass is 35.5. The topological polar surface area (TPSA) is 0 Å². The van der Waals surface area contributed by atoms with Gasteiger partial charge in [-0.25, -0.2) is 0 Å². The van der Waals surface area contributed by atoms with Crippen LogP contribution in [0.15, 0.2) is 24.3 Å². The highest BCUT2D eigenvalue weighted by molar-refractivity contribution is 6.30. The maximum atomic E-state index is 6.02. The number of halogens is 1. The van der Waals surface area contributed by atoms with E-state index in [1.165, 1.54) is 51.4 Å². The van der Waals surface area contributed by atoms with Crippen LogP contribution in [-0.4, -0.2) is 0 Å². The molecule has 0 aliphatic heterocycles. The summed E-state index contributed by atoms with van der Waals surface area (Å²) >= 11 is 6.02. The van der Waals surface area contributed by atoms with E-state index < -0.39 is 0 Å². The molecule has 0 amide bonds. The summed E-state index contributed by atoms with van der Waals surface area (Å²) in [5.74, 6) is 0.936. The molecule has 0 bridgehead atoms. The van der Waals surface area contributed by atoms with Crippen LogP contribution >= 0.6 is 11.6 Å². The van der Waals surface area contributed by atoms with Gasteiger partial charge in [0.15, 0.2) is 0 Å². The smallest absolute Gasteiger partial charge is 0.0406 e. The van der Waals surface area contributed by atoms with E-state index >= 15 is 0 Å². The number of benzene rings is 1. The monoisotopic (exact) mass is 248 g/mol. The van der Waals surface area contributed by atoms with Crippen molar-refractivity contribution in [3.8, 4) is 0 Å². The summed E-state index contributed by atoms with van der Waals surface area (Å²) in [5, 5.41) is 0.869. The Labute approximate surface area is 109 Å². The van der Waals surface area contributed by atoms with Crippen LogP contribution in [0.3, 0.4) is 0 Å². The largest absolute Gasteiger partial charge is 0.0843 e. The first-order valence-electron chi connectivity index (χ1n) is 7.07. The fourth-order valence-corrected chi connectivity index (χ4v) is 4.32. The molecule has 2 fully saturated rings. The van der Waals surface area contributed by atoms with Crippen molar-refractivity contribution in [1.29, 1.82) is 0 Å². The lowest BCUT2D eigenvalue weighted by atomic mass is 9.68. The quantitative estimate of drug-likeness (QED) is 0.663. The third-order valence-corrected chi connectivity index (χ3v) is 5.30. The summed E-state index contributed by atoms with van der Waals surface area (Å²) in [5.41, 5.74) is 2.06. The molecule has 0 atom stereocenters. The minimum absolute atomic E-state index is 0.501. The van der Waals surface area contributed by atoms with Gasteiger partial charge in [0.25, 0.3) is 0 Å². The number of hydrogen-bond acceptors (Lipinski definition) is 0. The van der Waals surface area contributed by atoms with Crippen molar-refractivity contribution in [2.24, 2.45) is 5.92 Å². The molecule has 2 saturated carbocycles. The predicted octanol–water partition coefficient (Wildman–Crippen LogP) is 5.34. The zero-order chi connectivity index (χ0) is 11.7. The van der Waals surface area contributed by atoms with Gasteiger partial charge in [-0.1, -0.05) is 49.4 Å². The summed E-state index contributed by atoms with van der Waals surface area (Å²) in [7, 11) is 0. The molecule has 0 radical (unpaired) electrons. The average molecular weight is 249 g/mol. The molecule has 2 aliphatic rings. The lowest BCUT2D eigenvalue weighted by Crippen LogP contribution is -2.30. The van der Waals surface area contributed by atoms with Gasteiger partial charge in [0, 0.05) is 5.02 Å². The predicted molar refractivity (Wildman–Crippen MR) is 73.6 cm³/mol. The molecule has 0 heterocycles. The standard InChI is InChI=1S/C16H21Cl/c17-15-9-7-14(8-10-15)16(11-3-4-12-16)13-5-1-2-6-13/h7-10,13H,1-6,11-12H2. The van der Waals surface area contributed by atoms with Crippen LogP contribution in [0.4, 0.5) is 0 Å². The first-order valence-corrected chi connectivity index (χ1v) is 7.45. The molecule has 1 aromatic carbocycles. The molecule has 0 saturated heterocycles. The molecule has 3 rings (SSSR count). The van der Waals surface area contributed by atoms with Crippen molar-refractivity contribution in [3.63, 3.8) is 0 Å². The molecule has 1 aromatic rings. The molecule has 2 aliphatic carbocycles. The summed E-state index contributed by atoms with van der Waals surface area (Å²) in [6.07, 6.45) is 11.4. The van der Waals surface area contributed by atoms with Crippen molar-refractivity contribution in [3.05, 3.63) is 34.9 Å². The Kier molecular flexibility index (Phi) is 3.17. The van der Waals surface area contributed by atoms with Crippen molar-refractivity contribution < 1.29 is 0 Å². The van der Waals surface area contributed by atoms with Crippen LogP contribution in [0.25, 0.3) is 0 Å². The summed E-state index contributed by atoms with van der Waals surface area (Å²) in [4.78, 5) is 0. The maximum absolute atomic E-state index is 6.02. The van der Waals surface area contributed by atoms with E-state index in [4.69, 9.17) is 11.6 Å². The summed E-state index contributed by atoms with van der Waals surface area (Å²) in [6.45, 7) is 0. The highest BCUT2D eigenvalue weighted by Crippen LogP contribution is 2.52. The molecule has 0 aromatic heterocycles. The second kappa shape index (κ2) is 4.65. The van der Waals surface area contributed by atoms with Crippen molar-refractivity contribution >= 4 is 11.6 Å². The second-order valence-corrected chi connectivity index (χ2v) is 6.29. The lowest BCUT2D eigenvalue weighted by Gasteiger charge is -2.36. The Morgan fingerprint density at radius 3 is 2.06 bits per heavy atom. The van der Waals surface area contributed by atoms with E-state index in [-0.39, 0.29) is 0 Å². The van der Waals surface area contributed by atoms with Crippen LogP contribution in [0, 0.1) is 5.92 Å². The van der Waals surface area contributed by atoms with Gasteiger partial charge in [-0.05, 0) is 54.7 Å². The van der Waals surface area contributed by atoms with Crippen LogP contribution in [0.5, 0.6) is 0 Å². The van der Waals surface area contributed by atoms with Crippen LogP contribution in [0.2, 0.25) is 5.02 Å². The first-order chi connectivity index (χ1) is 8.31. The third-order valence-electron chi connectivity index (χ3n) is 5.05. The minimum Gasteiger partial charge on any atom is -0.0843 e. The van der Waals surface area contributed by atoms with Crippen LogP contribution < -0.4 is 0 Å². The Morgan fingerprint density at radius 1 is 0.882 bits per heavy atom. The van der Waals surface area contributed by atoms with Crippen molar-refractivity contribution in [1.82, 2.24) is 0 Å². The molecule has 0 N–H and O–H groups in total. The Hall–Kier alpha value is -0.490. The molecule has 17 heavy (non-hydrogen) atoms. The summed E-state index contributed by atoms with van der Waals surface area (Å²) < 4.78 is 0. The van der Waals surface area contributed by atoms with Gasteiger partial charge < -0.3 is 0 Å². The van der Waals surface area contributed by atoms with Crippen LogP contribution in [0.1, 0.15) is 56.9 Å². The fraction of sp³-hybridized carbons (Fsp3) is 0.625. The Morgan fingerprint density at radius 2 is 1.47 bits per heavy atom. The molecule has 92 valence electrons. The van der Waals surface area contributed by atoms with Gasteiger partial charge in [-0.15, -0.1) is 0 Å². The zero-order valence-corrected chi connectivity index (χ0v) is 11.2. The van der Waals surface area contributed by atoms with Gasteiger partial charge in [-0.2, -0.15) is 0 Å². The zero-order valence-electron chi connectivity index (χ0n) is 10.4. The van der Waals surface area contributed by atoms with E-state index in [1.807, 2.05) is 0 Å². The number of hydrogen-bond donors (Lipinski definition) is 0.